The SMILES string of the molecule is CCCCN(CCCC)CCCNCc1ccc(-c2ccc(Cl)cc2Cl)o1. The molecule has 0 spiro atoms. The van der Waals surface area contributed by atoms with Crippen LogP contribution >= 0.6 is 23.2 Å². The molecular weight excluding hydrogens is 379 g/mol. The van der Waals surface area contributed by atoms with Crippen LogP contribution in [0.3, 0.4) is 0 Å². The van der Waals surface area contributed by atoms with E-state index in [0.29, 0.717) is 10.0 Å². The highest BCUT2D eigenvalue weighted by molar-refractivity contribution is 6.36. The zero-order valence-electron chi connectivity index (χ0n) is 16.6. The predicted molar refractivity (Wildman–Crippen MR) is 117 cm³/mol. The van der Waals surface area contributed by atoms with Crippen molar-refractivity contribution in [1.29, 1.82) is 0 Å². The first-order valence-electron chi connectivity index (χ1n) is 10.1. The number of unbranched alkanes of at least 4 members (excludes halogenated alkanes) is 2. The third-order valence-corrected chi connectivity index (χ3v) is 5.19. The van der Waals surface area contributed by atoms with Gasteiger partial charge < -0.3 is 14.6 Å². The number of halogens is 2. The molecule has 1 N–H and O–H groups in total. The van der Waals surface area contributed by atoms with E-state index in [1.807, 2.05) is 24.3 Å². The van der Waals surface area contributed by atoms with E-state index in [1.54, 1.807) is 6.07 Å². The van der Waals surface area contributed by atoms with Gasteiger partial charge in [0.25, 0.3) is 0 Å². The molecule has 1 heterocycles. The monoisotopic (exact) mass is 410 g/mol. The summed E-state index contributed by atoms with van der Waals surface area (Å²) >= 11 is 12.2. The van der Waals surface area contributed by atoms with Gasteiger partial charge in [-0.1, -0.05) is 49.9 Å². The van der Waals surface area contributed by atoms with E-state index in [4.69, 9.17) is 27.6 Å². The highest BCUT2D eigenvalue weighted by Crippen LogP contribution is 2.31. The van der Waals surface area contributed by atoms with Crippen LogP contribution in [0.5, 0.6) is 0 Å². The molecule has 0 unspecified atom stereocenters. The lowest BCUT2D eigenvalue weighted by molar-refractivity contribution is 0.260. The van der Waals surface area contributed by atoms with Crippen molar-refractivity contribution in [3.8, 4) is 11.3 Å². The molecule has 0 fully saturated rings. The van der Waals surface area contributed by atoms with Gasteiger partial charge in [0.2, 0.25) is 0 Å². The fourth-order valence-electron chi connectivity index (χ4n) is 3.05. The summed E-state index contributed by atoms with van der Waals surface area (Å²) in [4.78, 5) is 2.60. The van der Waals surface area contributed by atoms with Crippen molar-refractivity contribution in [3.63, 3.8) is 0 Å². The molecule has 0 aliphatic carbocycles. The minimum Gasteiger partial charge on any atom is -0.460 e. The van der Waals surface area contributed by atoms with E-state index in [-0.39, 0.29) is 0 Å². The molecule has 1 aromatic heterocycles. The molecule has 3 nitrogen and oxygen atoms in total. The van der Waals surface area contributed by atoms with Crippen molar-refractivity contribution in [3.05, 3.63) is 46.1 Å². The molecule has 0 bridgehead atoms. The average Bonchev–Trinajstić information content (AvgIpc) is 3.11. The Morgan fingerprint density at radius 2 is 1.63 bits per heavy atom. The van der Waals surface area contributed by atoms with Crippen molar-refractivity contribution < 1.29 is 4.42 Å². The predicted octanol–water partition coefficient (Wildman–Crippen LogP) is 6.64. The molecule has 5 heteroatoms. The lowest BCUT2D eigenvalue weighted by atomic mass is 10.2. The Bertz CT molecular complexity index is 664. The third-order valence-electron chi connectivity index (χ3n) is 4.64. The highest BCUT2D eigenvalue weighted by atomic mass is 35.5. The van der Waals surface area contributed by atoms with Crippen molar-refractivity contribution in [1.82, 2.24) is 10.2 Å². The molecule has 0 radical (unpaired) electrons. The zero-order chi connectivity index (χ0) is 19.5. The van der Waals surface area contributed by atoms with Crippen molar-refractivity contribution in [2.24, 2.45) is 0 Å². The first-order chi connectivity index (χ1) is 13.1. The summed E-state index contributed by atoms with van der Waals surface area (Å²) in [6, 6.07) is 9.42. The van der Waals surface area contributed by atoms with Gasteiger partial charge in [0.15, 0.2) is 0 Å². The van der Waals surface area contributed by atoms with Crippen molar-refractivity contribution in [2.75, 3.05) is 26.2 Å². The van der Waals surface area contributed by atoms with Crippen LogP contribution in [0.1, 0.15) is 51.7 Å². The van der Waals surface area contributed by atoms with Gasteiger partial charge in [0, 0.05) is 10.6 Å². The number of nitrogens with one attached hydrogen (secondary N) is 1. The lowest BCUT2D eigenvalue weighted by Crippen LogP contribution is -2.29. The lowest BCUT2D eigenvalue weighted by Gasteiger charge is -2.21. The molecule has 0 aliphatic heterocycles. The van der Waals surface area contributed by atoms with E-state index >= 15 is 0 Å². The molecule has 0 atom stereocenters. The molecule has 27 heavy (non-hydrogen) atoms. The Morgan fingerprint density at radius 1 is 0.926 bits per heavy atom. The van der Waals surface area contributed by atoms with Crippen LogP contribution in [0.4, 0.5) is 0 Å². The molecule has 0 amide bonds. The minimum absolute atomic E-state index is 0.607. The maximum atomic E-state index is 6.26. The quantitative estimate of drug-likeness (QED) is 0.375. The van der Waals surface area contributed by atoms with Gasteiger partial charge >= 0.3 is 0 Å². The molecule has 0 saturated heterocycles. The Balaban J connectivity index is 1.73. The second-order valence-corrected chi connectivity index (χ2v) is 7.81. The maximum absolute atomic E-state index is 6.26. The van der Waals surface area contributed by atoms with Crippen molar-refractivity contribution >= 4 is 23.2 Å². The Kier molecular flexibility index (Phi) is 10.3. The smallest absolute Gasteiger partial charge is 0.135 e. The molecule has 2 rings (SSSR count). The van der Waals surface area contributed by atoms with Gasteiger partial charge in [-0.15, -0.1) is 0 Å². The number of furan rings is 1. The number of hydrogen-bond acceptors (Lipinski definition) is 3. The number of hydrogen-bond donors (Lipinski definition) is 1. The van der Waals surface area contributed by atoms with Gasteiger partial charge in [-0.2, -0.15) is 0 Å². The maximum Gasteiger partial charge on any atom is 0.135 e. The van der Waals surface area contributed by atoms with Gasteiger partial charge in [0.1, 0.15) is 11.5 Å². The van der Waals surface area contributed by atoms with Crippen LogP contribution in [-0.2, 0) is 6.54 Å². The summed E-state index contributed by atoms with van der Waals surface area (Å²) in [5.41, 5.74) is 0.870. The van der Waals surface area contributed by atoms with Gasteiger partial charge in [0.05, 0.1) is 11.6 Å². The van der Waals surface area contributed by atoms with Gasteiger partial charge in [-0.05, 0) is 75.8 Å². The van der Waals surface area contributed by atoms with E-state index in [1.165, 1.54) is 38.8 Å². The Hall–Kier alpha value is -1.00. The first-order valence-corrected chi connectivity index (χ1v) is 10.9. The Labute approximate surface area is 174 Å². The zero-order valence-corrected chi connectivity index (χ0v) is 18.1. The summed E-state index contributed by atoms with van der Waals surface area (Å²) < 4.78 is 5.92. The summed E-state index contributed by atoms with van der Waals surface area (Å²) in [6.45, 7) is 9.85. The summed E-state index contributed by atoms with van der Waals surface area (Å²) in [7, 11) is 0. The fourth-order valence-corrected chi connectivity index (χ4v) is 3.55. The second kappa shape index (κ2) is 12.5. The largest absolute Gasteiger partial charge is 0.460 e. The van der Waals surface area contributed by atoms with Crippen LogP contribution in [0, 0.1) is 0 Å². The standard InChI is InChI=1S/C22H32Cl2N2O/c1-3-5-13-26(14-6-4-2)15-7-12-25-17-19-9-11-22(27-19)20-10-8-18(23)16-21(20)24/h8-11,16,25H,3-7,12-15,17H2,1-2H3. The first kappa shape index (κ1) is 22.3. The van der Waals surface area contributed by atoms with E-state index < -0.39 is 0 Å². The molecule has 0 saturated carbocycles. The number of nitrogens with zero attached hydrogens (tertiary/aromatic N) is 1. The summed E-state index contributed by atoms with van der Waals surface area (Å²) in [5, 5.41) is 4.72. The molecule has 1 aromatic carbocycles. The summed E-state index contributed by atoms with van der Waals surface area (Å²) in [6.07, 6.45) is 6.27. The normalized spacial score (nSPS) is 11.4. The van der Waals surface area contributed by atoms with Crippen LogP contribution in [0.15, 0.2) is 34.7 Å². The molecular formula is C22H32Cl2N2O. The molecule has 2 aromatic rings. The molecule has 150 valence electrons. The topological polar surface area (TPSA) is 28.4 Å². The average molecular weight is 411 g/mol. The minimum atomic E-state index is 0.607. The Morgan fingerprint density at radius 3 is 2.30 bits per heavy atom. The van der Waals surface area contributed by atoms with Gasteiger partial charge in [-0.25, -0.2) is 0 Å². The van der Waals surface area contributed by atoms with E-state index in [0.717, 1.165) is 43.1 Å². The van der Waals surface area contributed by atoms with Crippen LogP contribution in [0.25, 0.3) is 11.3 Å². The van der Waals surface area contributed by atoms with Crippen LogP contribution in [0.2, 0.25) is 10.0 Å². The third kappa shape index (κ3) is 7.87. The highest BCUT2D eigenvalue weighted by Gasteiger charge is 2.09. The second-order valence-electron chi connectivity index (χ2n) is 6.97. The fraction of sp³-hybridized carbons (Fsp3) is 0.545. The summed E-state index contributed by atoms with van der Waals surface area (Å²) in [5.74, 6) is 1.70. The van der Waals surface area contributed by atoms with Crippen LogP contribution in [-0.4, -0.2) is 31.1 Å². The number of rotatable bonds is 13. The van der Waals surface area contributed by atoms with E-state index in [9.17, 15) is 0 Å². The van der Waals surface area contributed by atoms with Crippen LogP contribution < -0.4 is 5.32 Å². The molecule has 0 aliphatic rings. The van der Waals surface area contributed by atoms with Crippen molar-refractivity contribution in [2.45, 2.75) is 52.5 Å². The van der Waals surface area contributed by atoms with Gasteiger partial charge in [-0.3, -0.25) is 0 Å². The van der Waals surface area contributed by atoms with E-state index in [2.05, 4.69) is 24.1 Å². The number of benzene rings is 1.